The molecule has 0 N–H and O–H groups in total. The molecule has 0 saturated carbocycles. The third kappa shape index (κ3) is 4.46. The molecular weight excluding hydrogens is 414 g/mol. The molecule has 1 aromatic rings. The van der Waals surface area contributed by atoms with Crippen LogP contribution in [-0.2, 0) is 24.3 Å². The molecule has 164 valence electrons. The van der Waals surface area contributed by atoms with Crippen LogP contribution in [0.3, 0.4) is 0 Å². The third-order valence-corrected chi connectivity index (χ3v) is 7.70. The minimum Gasteiger partial charge on any atom is -0.469 e. The van der Waals surface area contributed by atoms with Gasteiger partial charge in [0.1, 0.15) is 0 Å². The molecule has 1 amide bonds. The molecule has 2 fully saturated rings. The Balaban J connectivity index is 1.65. The molecule has 1 atom stereocenters. The number of esters is 1. The number of amides is 1. The lowest BCUT2D eigenvalue weighted by molar-refractivity contribution is -0.387. The molecule has 0 aliphatic carbocycles. The zero-order valence-corrected chi connectivity index (χ0v) is 17.5. The maximum atomic E-state index is 12.9. The van der Waals surface area contributed by atoms with E-state index in [-0.39, 0.29) is 41.7 Å². The van der Waals surface area contributed by atoms with Gasteiger partial charge in [-0.25, -0.2) is 8.42 Å². The number of benzene rings is 1. The Labute approximate surface area is 175 Å². The summed E-state index contributed by atoms with van der Waals surface area (Å²) in [5.74, 6) is -1.06. The minimum atomic E-state index is -4.03. The van der Waals surface area contributed by atoms with Crippen LogP contribution in [0.25, 0.3) is 0 Å². The average molecular weight is 439 g/mol. The summed E-state index contributed by atoms with van der Waals surface area (Å²) in [5, 5.41) is 11.2. The molecule has 2 saturated heterocycles. The van der Waals surface area contributed by atoms with Gasteiger partial charge < -0.3 is 9.64 Å². The van der Waals surface area contributed by atoms with Crippen LogP contribution in [0.1, 0.15) is 25.7 Å². The average Bonchev–Trinajstić information content (AvgIpc) is 2.78. The lowest BCUT2D eigenvalue weighted by Gasteiger charge is -2.36. The summed E-state index contributed by atoms with van der Waals surface area (Å²) < 4.78 is 31.8. The second kappa shape index (κ2) is 9.09. The predicted octanol–water partition coefficient (Wildman–Crippen LogP) is 1.41. The van der Waals surface area contributed by atoms with Crippen LogP contribution in [0, 0.1) is 22.0 Å². The van der Waals surface area contributed by atoms with Crippen molar-refractivity contribution in [2.24, 2.45) is 11.8 Å². The number of rotatable bonds is 5. The summed E-state index contributed by atoms with van der Waals surface area (Å²) in [6, 6.07) is 5.26. The second-order valence-corrected chi connectivity index (χ2v) is 9.46. The van der Waals surface area contributed by atoms with Gasteiger partial charge in [-0.1, -0.05) is 12.1 Å². The molecule has 0 aromatic heterocycles. The number of nitrogens with zero attached hydrogens (tertiary/aromatic N) is 3. The van der Waals surface area contributed by atoms with E-state index in [9.17, 15) is 28.1 Å². The fraction of sp³-hybridized carbons (Fsp3) is 0.579. The Morgan fingerprint density at radius 1 is 1.10 bits per heavy atom. The second-order valence-electron chi connectivity index (χ2n) is 7.55. The number of para-hydroxylation sites is 1. The molecule has 0 radical (unpaired) electrons. The molecule has 1 unspecified atom stereocenters. The van der Waals surface area contributed by atoms with Gasteiger partial charge in [0.15, 0.2) is 4.90 Å². The van der Waals surface area contributed by atoms with Gasteiger partial charge in [0.2, 0.25) is 15.9 Å². The van der Waals surface area contributed by atoms with Crippen LogP contribution in [0.2, 0.25) is 0 Å². The van der Waals surface area contributed by atoms with Crippen LogP contribution >= 0.6 is 0 Å². The Hall–Kier alpha value is -2.53. The normalized spacial score (nSPS) is 21.2. The molecule has 1 aromatic carbocycles. The van der Waals surface area contributed by atoms with Gasteiger partial charge in [-0.15, -0.1) is 0 Å². The maximum absolute atomic E-state index is 12.9. The standard InChI is InChI=1S/C19H25N3O7S/c1-29-19(24)15-5-4-10-20(13-15)18(23)14-8-11-21(12-9-14)30(27,28)17-7-3-2-6-16(17)22(25)26/h2-3,6-7,14-15H,4-5,8-13H2,1H3. The number of piperidine rings is 2. The molecule has 2 aliphatic rings. The monoisotopic (exact) mass is 439 g/mol. The number of carbonyl (C=O) groups is 2. The van der Waals surface area contributed by atoms with Crippen molar-refractivity contribution < 1.29 is 27.7 Å². The first kappa shape index (κ1) is 22.2. The van der Waals surface area contributed by atoms with E-state index in [0.29, 0.717) is 32.4 Å². The fourth-order valence-electron chi connectivity index (χ4n) is 4.10. The highest BCUT2D eigenvalue weighted by atomic mass is 32.2. The van der Waals surface area contributed by atoms with E-state index in [1.54, 1.807) is 4.90 Å². The lowest BCUT2D eigenvalue weighted by Crippen LogP contribution is -2.48. The van der Waals surface area contributed by atoms with Crippen molar-refractivity contribution in [3.05, 3.63) is 34.4 Å². The molecule has 10 nitrogen and oxygen atoms in total. The smallest absolute Gasteiger partial charge is 0.310 e. The van der Waals surface area contributed by atoms with E-state index in [4.69, 9.17) is 4.74 Å². The summed E-state index contributed by atoms with van der Waals surface area (Å²) in [4.78, 5) is 36.5. The number of carbonyl (C=O) groups excluding carboxylic acids is 2. The van der Waals surface area contributed by atoms with Crippen LogP contribution < -0.4 is 0 Å². The first-order valence-corrected chi connectivity index (χ1v) is 11.3. The van der Waals surface area contributed by atoms with Crippen LogP contribution in [0.15, 0.2) is 29.2 Å². The van der Waals surface area contributed by atoms with Gasteiger partial charge >= 0.3 is 5.97 Å². The fourth-order valence-corrected chi connectivity index (χ4v) is 5.73. The number of sulfonamides is 1. The van der Waals surface area contributed by atoms with Crippen molar-refractivity contribution in [2.45, 2.75) is 30.6 Å². The number of likely N-dealkylation sites (tertiary alicyclic amines) is 1. The Morgan fingerprint density at radius 2 is 1.77 bits per heavy atom. The molecular formula is C19H25N3O7S. The molecule has 2 aliphatic heterocycles. The van der Waals surface area contributed by atoms with E-state index in [2.05, 4.69) is 0 Å². The summed E-state index contributed by atoms with van der Waals surface area (Å²) >= 11 is 0. The largest absolute Gasteiger partial charge is 0.469 e. The Kier molecular flexibility index (Phi) is 6.71. The Bertz CT molecular complexity index is 926. The zero-order chi connectivity index (χ0) is 21.9. The van der Waals surface area contributed by atoms with Crippen molar-refractivity contribution in [3.63, 3.8) is 0 Å². The van der Waals surface area contributed by atoms with Crippen molar-refractivity contribution in [3.8, 4) is 0 Å². The predicted molar refractivity (Wildman–Crippen MR) is 106 cm³/mol. The topological polar surface area (TPSA) is 127 Å². The van der Waals surface area contributed by atoms with E-state index in [0.717, 1.165) is 12.5 Å². The number of nitro benzene ring substituents is 1. The van der Waals surface area contributed by atoms with Gasteiger partial charge in [-0.3, -0.25) is 19.7 Å². The van der Waals surface area contributed by atoms with Crippen molar-refractivity contribution in [1.29, 1.82) is 0 Å². The summed E-state index contributed by atoms with van der Waals surface area (Å²) in [6.07, 6.45) is 2.07. The van der Waals surface area contributed by atoms with E-state index < -0.39 is 20.6 Å². The van der Waals surface area contributed by atoms with Crippen LogP contribution in [0.5, 0.6) is 0 Å². The lowest BCUT2D eigenvalue weighted by atomic mass is 9.93. The zero-order valence-electron chi connectivity index (χ0n) is 16.7. The molecule has 0 bridgehead atoms. The summed E-state index contributed by atoms with van der Waals surface area (Å²) in [6.45, 7) is 1.11. The molecule has 30 heavy (non-hydrogen) atoms. The highest BCUT2D eigenvalue weighted by Gasteiger charge is 2.38. The van der Waals surface area contributed by atoms with E-state index in [1.807, 2.05) is 0 Å². The first-order chi connectivity index (χ1) is 14.3. The van der Waals surface area contributed by atoms with Crippen molar-refractivity contribution >= 4 is 27.6 Å². The van der Waals surface area contributed by atoms with E-state index >= 15 is 0 Å². The SMILES string of the molecule is COC(=O)C1CCCN(C(=O)C2CCN(S(=O)(=O)c3ccccc3[N+](=O)[O-])CC2)C1. The summed E-state index contributed by atoms with van der Waals surface area (Å²) in [7, 11) is -2.70. The van der Waals surface area contributed by atoms with Gasteiger partial charge in [-0.2, -0.15) is 4.31 Å². The van der Waals surface area contributed by atoms with Gasteiger partial charge in [0.05, 0.1) is 18.0 Å². The van der Waals surface area contributed by atoms with Crippen molar-refractivity contribution in [1.82, 2.24) is 9.21 Å². The minimum absolute atomic E-state index is 0.0775. The van der Waals surface area contributed by atoms with Crippen LogP contribution in [-0.4, -0.2) is 67.7 Å². The number of hydrogen-bond acceptors (Lipinski definition) is 7. The molecule has 3 rings (SSSR count). The number of hydrogen-bond donors (Lipinski definition) is 0. The Morgan fingerprint density at radius 3 is 2.40 bits per heavy atom. The van der Waals surface area contributed by atoms with Crippen molar-refractivity contribution in [2.75, 3.05) is 33.3 Å². The highest BCUT2D eigenvalue weighted by Crippen LogP contribution is 2.30. The van der Waals surface area contributed by atoms with Gasteiger partial charge in [-0.05, 0) is 31.7 Å². The van der Waals surface area contributed by atoms with Crippen LogP contribution in [0.4, 0.5) is 5.69 Å². The molecule has 11 heteroatoms. The van der Waals surface area contributed by atoms with Gasteiger partial charge in [0.25, 0.3) is 5.69 Å². The number of ether oxygens (including phenoxy) is 1. The number of nitro groups is 1. The highest BCUT2D eigenvalue weighted by molar-refractivity contribution is 7.89. The number of methoxy groups -OCH3 is 1. The molecule has 0 spiro atoms. The third-order valence-electron chi connectivity index (χ3n) is 5.75. The summed E-state index contributed by atoms with van der Waals surface area (Å²) in [5.41, 5.74) is -0.460. The van der Waals surface area contributed by atoms with E-state index in [1.165, 1.54) is 29.6 Å². The van der Waals surface area contributed by atoms with Gasteiger partial charge in [0, 0.05) is 38.2 Å². The quantitative estimate of drug-likeness (QED) is 0.385. The maximum Gasteiger partial charge on any atom is 0.310 e. The molecule has 2 heterocycles. The first-order valence-electron chi connectivity index (χ1n) is 9.86.